The Kier molecular flexibility index (Phi) is 6.95. The number of carbonyl (C=O) groups is 1. The lowest BCUT2D eigenvalue weighted by atomic mass is 10.1. The van der Waals surface area contributed by atoms with Crippen molar-refractivity contribution in [2.24, 2.45) is 0 Å². The average Bonchev–Trinajstić information content (AvgIpc) is 2.32. The van der Waals surface area contributed by atoms with Crippen LogP contribution in [0.5, 0.6) is 0 Å². The van der Waals surface area contributed by atoms with Gasteiger partial charge in [0.25, 0.3) is 5.91 Å². The van der Waals surface area contributed by atoms with Gasteiger partial charge < -0.3 is 4.90 Å². The molecule has 0 aromatic heterocycles. The molecule has 0 saturated carbocycles. The molecule has 0 heterocycles. The van der Waals surface area contributed by atoms with E-state index in [4.69, 9.17) is 11.6 Å². The second-order valence-electron chi connectivity index (χ2n) is 4.26. The second-order valence-corrected chi connectivity index (χ2v) is 6.71. The third-order valence-electron chi connectivity index (χ3n) is 2.58. The summed E-state index contributed by atoms with van der Waals surface area (Å²) in [5, 5.41) is 0. The summed E-state index contributed by atoms with van der Waals surface area (Å²) in [5.41, 5.74) is 0.744. The molecule has 0 aliphatic heterocycles. The van der Waals surface area contributed by atoms with Gasteiger partial charge in [-0.05, 0) is 61.1 Å². The summed E-state index contributed by atoms with van der Waals surface area (Å²) in [4.78, 5) is 14.4. The van der Waals surface area contributed by atoms with Crippen molar-refractivity contribution < 1.29 is 4.79 Å². The van der Waals surface area contributed by atoms with Gasteiger partial charge in [-0.15, -0.1) is 11.6 Å². The third kappa shape index (κ3) is 4.38. The second kappa shape index (κ2) is 7.70. The van der Waals surface area contributed by atoms with Crippen LogP contribution in [-0.2, 0) is 0 Å². The minimum atomic E-state index is 0.0702. The van der Waals surface area contributed by atoms with Crippen LogP contribution in [0.15, 0.2) is 22.7 Å². The SMILES string of the molecule is CC(C)N(CCCCl)C(=O)c1cc(Br)ccc1I. The fourth-order valence-corrected chi connectivity index (χ4v) is 2.69. The number of hydrogen-bond acceptors (Lipinski definition) is 1. The molecule has 0 atom stereocenters. The van der Waals surface area contributed by atoms with E-state index in [0.29, 0.717) is 12.4 Å². The van der Waals surface area contributed by atoms with Crippen LogP contribution in [0.25, 0.3) is 0 Å². The Bertz CT molecular complexity index is 425. The highest BCUT2D eigenvalue weighted by atomic mass is 127. The zero-order valence-electron chi connectivity index (χ0n) is 10.4. The van der Waals surface area contributed by atoms with Gasteiger partial charge in [0.15, 0.2) is 0 Å². The molecule has 100 valence electrons. The Morgan fingerprint density at radius 2 is 2.17 bits per heavy atom. The molecular formula is C13H16BrClINO. The number of hydrogen-bond donors (Lipinski definition) is 0. The van der Waals surface area contributed by atoms with Crippen molar-refractivity contribution in [3.05, 3.63) is 31.8 Å². The van der Waals surface area contributed by atoms with Gasteiger partial charge in [0.2, 0.25) is 0 Å². The van der Waals surface area contributed by atoms with Gasteiger partial charge in [0.05, 0.1) is 5.56 Å². The van der Waals surface area contributed by atoms with Crippen molar-refractivity contribution in [2.45, 2.75) is 26.3 Å². The average molecular weight is 445 g/mol. The summed E-state index contributed by atoms with van der Waals surface area (Å²) in [6.45, 7) is 4.75. The molecular weight excluding hydrogens is 428 g/mol. The highest BCUT2D eigenvalue weighted by Gasteiger charge is 2.20. The summed E-state index contributed by atoms with van der Waals surface area (Å²) in [6.07, 6.45) is 0.816. The maximum Gasteiger partial charge on any atom is 0.255 e. The van der Waals surface area contributed by atoms with E-state index in [0.717, 1.165) is 20.0 Å². The van der Waals surface area contributed by atoms with Crippen LogP contribution in [-0.4, -0.2) is 29.3 Å². The topological polar surface area (TPSA) is 20.3 Å². The smallest absolute Gasteiger partial charge is 0.255 e. The molecule has 2 nitrogen and oxygen atoms in total. The van der Waals surface area contributed by atoms with E-state index in [2.05, 4.69) is 38.5 Å². The molecule has 1 amide bonds. The van der Waals surface area contributed by atoms with E-state index >= 15 is 0 Å². The highest BCUT2D eigenvalue weighted by Crippen LogP contribution is 2.21. The molecule has 0 saturated heterocycles. The lowest BCUT2D eigenvalue weighted by Crippen LogP contribution is -2.38. The molecule has 5 heteroatoms. The predicted molar refractivity (Wildman–Crippen MR) is 88.4 cm³/mol. The minimum absolute atomic E-state index is 0.0702. The maximum atomic E-state index is 12.5. The standard InChI is InChI=1S/C13H16BrClINO/c1-9(2)17(7-3-6-15)13(18)11-8-10(14)4-5-12(11)16/h4-5,8-9H,3,6-7H2,1-2H3. The van der Waals surface area contributed by atoms with Gasteiger partial charge in [-0.25, -0.2) is 0 Å². The van der Waals surface area contributed by atoms with Crippen molar-refractivity contribution in [1.82, 2.24) is 4.90 Å². The van der Waals surface area contributed by atoms with Crippen LogP contribution in [0.4, 0.5) is 0 Å². The highest BCUT2D eigenvalue weighted by molar-refractivity contribution is 14.1. The lowest BCUT2D eigenvalue weighted by molar-refractivity contribution is 0.0705. The number of rotatable bonds is 5. The predicted octanol–water partition coefficient (Wildman–Crippen LogP) is 4.53. The van der Waals surface area contributed by atoms with Gasteiger partial charge in [-0.3, -0.25) is 4.79 Å². The number of amides is 1. The molecule has 0 aliphatic carbocycles. The maximum absolute atomic E-state index is 12.5. The summed E-state index contributed by atoms with van der Waals surface area (Å²) < 4.78 is 1.89. The molecule has 1 aromatic rings. The van der Waals surface area contributed by atoms with Crippen LogP contribution in [0, 0.1) is 3.57 Å². The molecule has 1 rings (SSSR count). The number of alkyl halides is 1. The van der Waals surface area contributed by atoms with Crippen molar-refractivity contribution in [3.63, 3.8) is 0 Å². The minimum Gasteiger partial charge on any atom is -0.336 e. The van der Waals surface area contributed by atoms with Crippen molar-refractivity contribution in [1.29, 1.82) is 0 Å². The van der Waals surface area contributed by atoms with Crippen LogP contribution in [0.3, 0.4) is 0 Å². The molecule has 1 aromatic carbocycles. The van der Waals surface area contributed by atoms with Gasteiger partial charge in [0.1, 0.15) is 0 Å². The quantitative estimate of drug-likeness (QED) is 0.483. The molecule has 0 bridgehead atoms. The summed E-state index contributed by atoms with van der Waals surface area (Å²) in [5.74, 6) is 0.646. The van der Waals surface area contributed by atoms with Crippen molar-refractivity contribution in [2.75, 3.05) is 12.4 Å². The van der Waals surface area contributed by atoms with E-state index in [9.17, 15) is 4.79 Å². The first-order chi connectivity index (χ1) is 8.47. The Balaban J connectivity index is 2.98. The van der Waals surface area contributed by atoms with E-state index in [-0.39, 0.29) is 11.9 Å². The molecule has 18 heavy (non-hydrogen) atoms. The Morgan fingerprint density at radius 3 is 2.72 bits per heavy atom. The number of halogens is 3. The van der Waals surface area contributed by atoms with Gasteiger partial charge in [0, 0.05) is 26.5 Å². The zero-order valence-corrected chi connectivity index (χ0v) is 14.9. The van der Waals surface area contributed by atoms with Gasteiger partial charge >= 0.3 is 0 Å². The van der Waals surface area contributed by atoms with Crippen LogP contribution < -0.4 is 0 Å². The Morgan fingerprint density at radius 1 is 1.50 bits per heavy atom. The monoisotopic (exact) mass is 443 g/mol. The third-order valence-corrected chi connectivity index (χ3v) is 4.28. The summed E-state index contributed by atoms with van der Waals surface area (Å²) in [6, 6.07) is 5.94. The molecule has 0 radical (unpaired) electrons. The Hall–Kier alpha value is 0.190. The van der Waals surface area contributed by atoms with Crippen LogP contribution in [0.2, 0.25) is 0 Å². The lowest BCUT2D eigenvalue weighted by Gasteiger charge is -2.27. The van der Waals surface area contributed by atoms with Crippen molar-refractivity contribution in [3.8, 4) is 0 Å². The Labute approximate surface area is 135 Å². The number of nitrogens with zero attached hydrogens (tertiary/aromatic N) is 1. The summed E-state index contributed by atoms with van der Waals surface area (Å²) in [7, 11) is 0. The fourth-order valence-electron chi connectivity index (χ4n) is 1.64. The van der Waals surface area contributed by atoms with E-state index in [1.165, 1.54) is 0 Å². The number of benzene rings is 1. The van der Waals surface area contributed by atoms with E-state index in [1.54, 1.807) is 0 Å². The van der Waals surface area contributed by atoms with Gasteiger partial charge in [-0.1, -0.05) is 15.9 Å². The van der Waals surface area contributed by atoms with Crippen LogP contribution >= 0.6 is 50.1 Å². The molecule has 0 aliphatic rings. The first kappa shape index (κ1) is 16.2. The normalized spacial score (nSPS) is 10.8. The molecule has 0 fully saturated rings. The zero-order chi connectivity index (χ0) is 13.7. The van der Waals surface area contributed by atoms with Crippen molar-refractivity contribution >= 4 is 56.0 Å². The largest absolute Gasteiger partial charge is 0.336 e. The summed E-state index contributed by atoms with van der Waals surface area (Å²) >= 11 is 11.3. The van der Waals surface area contributed by atoms with E-state index < -0.39 is 0 Å². The fraction of sp³-hybridized carbons (Fsp3) is 0.462. The first-order valence-electron chi connectivity index (χ1n) is 5.79. The first-order valence-corrected chi connectivity index (χ1v) is 8.20. The van der Waals surface area contributed by atoms with Gasteiger partial charge in [-0.2, -0.15) is 0 Å². The van der Waals surface area contributed by atoms with E-state index in [1.807, 2.05) is 36.9 Å². The molecule has 0 N–H and O–H groups in total. The molecule has 0 spiro atoms. The number of carbonyl (C=O) groups excluding carboxylic acids is 1. The van der Waals surface area contributed by atoms with Crippen LogP contribution in [0.1, 0.15) is 30.6 Å². The molecule has 0 unspecified atom stereocenters.